The third-order valence-corrected chi connectivity index (χ3v) is 7.04. The highest BCUT2D eigenvalue weighted by atomic mass is 32.2. The molecule has 3 aromatic heterocycles. The van der Waals surface area contributed by atoms with Crippen LogP contribution in [-0.2, 0) is 7.05 Å². The van der Waals surface area contributed by atoms with Crippen molar-refractivity contribution in [2.45, 2.75) is 6.92 Å². The van der Waals surface area contributed by atoms with Crippen molar-refractivity contribution in [3.8, 4) is 11.3 Å². The van der Waals surface area contributed by atoms with Crippen LogP contribution in [0, 0.1) is 6.92 Å². The maximum atomic E-state index is 2.35. The Kier molecular flexibility index (Phi) is 3.02. The highest BCUT2D eigenvalue weighted by Gasteiger charge is 2.18. The van der Waals surface area contributed by atoms with Gasteiger partial charge in [0.15, 0.2) is 6.20 Å². The van der Waals surface area contributed by atoms with Crippen LogP contribution in [0.1, 0.15) is 5.56 Å². The topological polar surface area (TPSA) is 3.88 Å². The molecule has 0 saturated carbocycles. The number of benzene rings is 2. The van der Waals surface area contributed by atoms with Crippen LogP contribution in [0.3, 0.4) is 0 Å². The minimum Gasteiger partial charge on any atom is -0.200 e. The van der Waals surface area contributed by atoms with E-state index in [2.05, 4.69) is 78.6 Å². The largest absolute Gasteiger partial charge is 0.213 e. The van der Waals surface area contributed by atoms with Crippen LogP contribution < -0.4 is 4.57 Å². The van der Waals surface area contributed by atoms with Gasteiger partial charge >= 0.3 is 0 Å². The monoisotopic (exact) mass is 346 g/mol. The van der Waals surface area contributed by atoms with E-state index in [9.17, 15) is 0 Å². The first kappa shape index (κ1) is 14.1. The second kappa shape index (κ2) is 5.13. The molecule has 1 nitrogen and oxygen atoms in total. The lowest BCUT2D eigenvalue weighted by Gasteiger charge is -2.08. The fourth-order valence-corrected chi connectivity index (χ4v) is 5.76. The Morgan fingerprint density at radius 2 is 1.79 bits per heavy atom. The fourth-order valence-electron chi connectivity index (χ4n) is 3.56. The summed E-state index contributed by atoms with van der Waals surface area (Å²) in [5.41, 5.74) is 3.94. The second-order valence-corrected chi connectivity index (χ2v) is 8.46. The van der Waals surface area contributed by atoms with Crippen LogP contribution in [0.15, 0.2) is 60.1 Å². The van der Waals surface area contributed by atoms with Crippen molar-refractivity contribution in [1.82, 2.24) is 0 Å². The van der Waals surface area contributed by atoms with Crippen LogP contribution in [-0.4, -0.2) is 0 Å². The van der Waals surface area contributed by atoms with Gasteiger partial charge in [0.2, 0.25) is 5.69 Å². The van der Waals surface area contributed by atoms with Crippen molar-refractivity contribution >= 4 is 52.9 Å². The standard InChI is InChI=1S/C21H16NS2/c1-13-15-6-4-3-5-14(15)7-8-16(13)19-11-20-18(12-22(19)2)17-9-10-23-21(17)24-20/h3-12H,1-2H3/q+1. The second-order valence-electron chi connectivity index (χ2n) is 6.23. The van der Waals surface area contributed by atoms with E-state index in [4.69, 9.17) is 0 Å². The zero-order valence-electron chi connectivity index (χ0n) is 13.5. The Morgan fingerprint density at radius 3 is 2.71 bits per heavy atom. The molecule has 0 fully saturated rings. The molecule has 24 heavy (non-hydrogen) atoms. The van der Waals surface area contributed by atoms with Gasteiger partial charge in [-0.25, -0.2) is 4.57 Å². The van der Waals surface area contributed by atoms with E-state index < -0.39 is 0 Å². The molecule has 0 amide bonds. The van der Waals surface area contributed by atoms with E-state index in [1.165, 1.54) is 47.1 Å². The molecule has 0 spiro atoms. The predicted octanol–water partition coefficient (Wildman–Crippen LogP) is 6.07. The van der Waals surface area contributed by atoms with Gasteiger partial charge in [-0.1, -0.05) is 30.3 Å². The number of hydrogen-bond acceptors (Lipinski definition) is 2. The van der Waals surface area contributed by atoms with Crippen molar-refractivity contribution in [3.63, 3.8) is 0 Å². The zero-order valence-corrected chi connectivity index (χ0v) is 15.2. The van der Waals surface area contributed by atoms with E-state index in [-0.39, 0.29) is 0 Å². The number of fused-ring (bicyclic) bond motifs is 4. The van der Waals surface area contributed by atoms with Gasteiger partial charge in [0, 0.05) is 21.7 Å². The van der Waals surface area contributed by atoms with Crippen molar-refractivity contribution in [2.75, 3.05) is 0 Å². The van der Waals surface area contributed by atoms with Gasteiger partial charge < -0.3 is 0 Å². The maximum absolute atomic E-state index is 2.35. The van der Waals surface area contributed by atoms with Crippen molar-refractivity contribution in [2.24, 2.45) is 7.05 Å². The highest BCUT2D eigenvalue weighted by Crippen LogP contribution is 2.38. The van der Waals surface area contributed by atoms with Crippen LogP contribution in [0.5, 0.6) is 0 Å². The molecular weight excluding hydrogens is 330 g/mol. The number of hydrogen-bond donors (Lipinski definition) is 0. The Labute approximate surface area is 148 Å². The lowest BCUT2D eigenvalue weighted by Crippen LogP contribution is -2.30. The first-order valence-electron chi connectivity index (χ1n) is 8.00. The molecule has 5 aromatic rings. The molecule has 0 aliphatic carbocycles. The molecule has 0 saturated heterocycles. The lowest BCUT2D eigenvalue weighted by molar-refractivity contribution is -0.659. The first-order chi connectivity index (χ1) is 11.7. The van der Waals surface area contributed by atoms with Gasteiger partial charge in [-0.05, 0) is 40.8 Å². The summed E-state index contributed by atoms with van der Waals surface area (Å²) in [7, 11) is 2.15. The molecule has 0 bridgehead atoms. The third-order valence-electron chi connectivity index (χ3n) is 4.83. The van der Waals surface area contributed by atoms with E-state index in [0.29, 0.717) is 0 Å². The van der Waals surface area contributed by atoms with Crippen LogP contribution >= 0.6 is 22.7 Å². The van der Waals surface area contributed by atoms with Crippen LogP contribution in [0.2, 0.25) is 0 Å². The summed E-state index contributed by atoms with van der Waals surface area (Å²) in [6, 6.07) is 17.7. The molecule has 0 radical (unpaired) electrons. The van der Waals surface area contributed by atoms with E-state index >= 15 is 0 Å². The van der Waals surface area contributed by atoms with Crippen LogP contribution in [0.25, 0.3) is 41.5 Å². The molecule has 0 atom stereocenters. The van der Waals surface area contributed by atoms with Crippen molar-refractivity contribution in [1.29, 1.82) is 0 Å². The Balaban J connectivity index is 1.82. The lowest BCUT2D eigenvalue weighted by atomic mass is 9.97. The van der Waals surface area contributed by atoms with Crippen LogP contribution in [0.4, 0.5) is 0 Å². The van der Waals surface area contributed by atoms with Gasteiger partial charge in [0.05, 0.1) is 9.40 Å². The molecule has 3 heterocycles. The number of thiophene rings is 2. The van der Waals surface area contributed by atoms with Gasteiger partial charge in [-0.15, -0.1) is 22.7 Å². The van der Waals surface area contributed by atoms with Gasteiger partial charge in [-0.2, -0.15) is 0 Å². The van der Waals surface area contributed by atoms with Crippen molar-refractivity contribution in [3.05, 3.63) is 65.7 Å². The summed E-state index contributed by atoms with van der Waals surface area (Å²) in [6.07, 6.45) is 2.28. The smallest absolute Gasteiger partial charge is 0.200 e. The quantitative estimate of drug-likeness (QED) is 0.324. The summed E-state index contributed by atoms with van der Waals surface area (Å²) in [4.78, 5) is 0. The molecule has 116 valence electrons. The number of nitrogens with zero attached hydrogens (tertiary/aromatic N) is 1. The molecular formula is C21H16NS2+. The molecule has 0 N–H and O–H groups in total. The summed E-state index contributed by atoms with van der Waals surface area (Å²) >= 11 is 3.74. The minimum absolute atomic E-state index is 1.28. The van der Waals surface area contributed by atoms with Gasteiger partial charge in [0.25, 0.3) is 0 Å². The van der Waals surface area contributed by atoms with E-state index in [1.54, 1.807) is 0 Å². The Morgan fingerprint density at radius 1 is 0.917 bits per heavy atom. The minimum atomic E-state index is 1.28. The molecule has 0 aliphatic heterocycles. The van der Waals surface area contributed by atoms with E-state index in [0.717, 1.165) is 0 Å². The number of pyridine rings is 1. The average Bonchev–Trinajstić information content (AvgIpc) is 3.17. The summed E-state index contributed by atoms with van der Waals surface area (Å²) in [6.45, 7) is 2.23. The van der Waals surface area contributed by atoms with Gasteiger partial charge in [-0.3, -0.25) is 0 Å². The Hall–Kier alpha value is -2.23. The maximum Gasteiger partial charge on any atom is 0.213 e. The molecule has 0 unspecified atom stereocenters. The molecule has 0 aliphatic rings. The molecule has 5 rings (SSSR count). The third kappa shape index (κ3) is 1.95. The van der Waals surface area contributed by atoms with E-state index in [1.807, 2.05) is 22.7 Å². The average molecular weight is 347 g/mol. The molecule has 3 heteroatoms. The summed E-state index contributed by atoms with van der Waals surface area (Å²) < 4.78 is 5.05. The predicted molar refractivity (Wildman–Crippen MR) is 106 cm³/mol. The van der Waals surface area contributed by atoms with Gasteiger partial charge in [0.1, 0.15) is 7.05 Å². The molecule has 2 aromatic carbocycles. The summed E-state index contributed by atoms with van der Waals surface area (Å²) in [5, 5.41) is 7.57. The fraction of sp³-hybridized carbons (Fsp3) is 0.0952. The highest BCUT2D eigenvalue weighted by molar-refractivity contribution is 7.41. The normalized spacial score (nSPS) is 11.8. The van der Waals surface area contributed by atoms with Crippen molar-refractivity contribution < 1.29 is 4.57 Å². The zero-order chi connectivity index (χ0) is 16.3. The Bertz CT molecular complexity index is 1230. The first-order valence-corrected chi connectivity index (χ1v) is 9.70. The SMILES string of the molecule is Cc1c(-c2cc3sc4sccc4c3c[n+]2C)ccc2ccccc12. The number of rotatable bonds is 1. The summed E-state index contributed by atoms with van der Waals surface area (Å²) in [5.74, 6) is 0. The number of aryl methyl sites for hydroxylation is 2. The number of aromatic nitrogens is 1.